The number of unbranched alkanes of at least 4 members (excludes halogenated alkanes) is 1. The Morgan fingerprint density at radius 2 is 2.08 bits per heavy atom. The van der Waals surface area contributed by atoms with E-state index in [0.717, 1.165) is 31.4 Å². The summed E-state index contributed by atoms with van der Waals surface area (Å²) >= 11 is 1.72. The Kier molecular flexibility index (Phi) is 8.80. The molecule has 1 aromatic heterocycles. The molecule has 0 unspecified atom stereocenters. The van der Waals surface area contributed by atoms with Gasteiger partial charge in [-0.25, -0.2) is 4.99 Å². The molecule has 0 bridgehead atoms. The first-order valence-electron chi connectivity index (χ1n) is 9.40. The van der Waals surface area contributed by atoms with Gasteiger partial charge in [0, 0.05) is 25.5 Å². The van der Waals surface area contributed by atoms with Crippen molar-refractivity contribution in [2.45, 2.75) is 51.5 Å². The average molecular weight is 365 g/mol. The number of carbonyl (C=O) groups excluding carboxylic acids is 1. The summed E-state index contributed by atoms with van der Waals surface area (Å²) in [7, 11) is 3.51. The highest BCUT2D eigenvalue weighted by atomic mass is 32.1. The largest absolute Gasteiger partial charge is 0.356 e. The van der Waals surface area contributed by atoms with Gasteiger partial charge in [0.15, 0.2) is 5.96 Å². The molecule has 1 aromatic rings. The van der Waals surface area contributed by atoms with Gasteiger partial charge in [-0.15, -0.1) is 11.3 Å². The third-order valence-electron chi connectivity index (χ3n) is 4.69. The van der Waals surface area contributed by atoms with E-state index in [-0.39, 0.29) is 12.5 Å². The molecular weight excluding hydrogens is 332 g/mol. The summed E-state index contributed by atoms with van der Waals surface area (Å²) in [5.41, 5.74) is 0. The zero-order chi connectivity index (χ0) is 17.9. The summed E-state index contributed by atoms with van der Waals surface area (Å²) in [6, 6.07) is 4.15. The molecule has 1 aliphatic rings. The van der Waals surface area contributed by atoms with E-state index < -0.39 is 0 Å². The molecule has 1 amide bonds. The van der Waals surface area contributed by atoms with Crippen molar-refractivity contribution in [1.82, 2.24) is 15.5 Å². The summed E-state index contributed by atoms with van der Waals surface area (Å²) in [5, 5.41) is 8.77. The van der Waals surface area contributed by atoms with Gasteiger partial charge in [-0.3, -0.25) is 4.79 Å². The lowest BCUT2D eigenvalue weighted by Gasteiger charge is -2.14. The predicted molar refractivity (Wildman–Crippen MR) is 106 cm³/mol. The van der Waals surface area contributed by atoms with Crippen LogP contribution in [0, 0.1) is 5.92 Å². The van der Waals surface area contributed by atoms with Crippen molar-refractivity contribution in [3.8, 4) is 0 Å². The van der Waals surface area contributed by atoms with Gasteiger partial charge in [0.05, 0.1) is 6.54 Å². The van der Waals surface area contributed by atoms with Crippen LogP contribution in [0.1, 0.15) is 49.8 Å². The number of nitrogens with one attached hydrogen (secondary N) is 2. The van der Waals surface area contributed by atoms with Crippen LogP contribution in [0.2, 0.25) is 0 Å². The molecule has 6 heteroatoms. The second-order valence-corrected chi connectivity index (χ2v) is 7.99. The smallest absolute Gasteiger partial charge is 0.243 e. The van der Waals surface area contributed by atoms with Crippen LogP contribution in [0.4, 0.5) is 0 Å². The van der Waals surface area contributed by atoms with Gasteiger partial charge < -0.3 is 15.5 Å². The average Bonchev–Trinajstić information content (AvgIpc) is 3.29. The molecule has 0 radical (unpaired) electrons. The summed E-state index contributed by atoms with van der Waals surface area (Å²) < 4.78 is 0. The third-order valence-corrected chi connectivity index (χ3v) is 5.56. The Labute approximate surface area is 155 Å². The van der Waals surface area contributed by atoms with Gasteiger partial charge in [-0.2, -0.15) is 0 Å². The van der Waals surface area contributed by atoms with Crippen LogP contribution in [-0.4, -0.2) is 44.0 Å². The molecule has 0 spiro atoms. The van der Waals surface area contributed by atoms with Gasteiger partial charge in [0.25, 0.3) is 0 Å². The minimum Gasteiger partial charge on any atom is -0.356 e. The van der Waals surface area contributed by atoms with E-state index in [1.54, 1.807) is 30.3 Å². The highest BCUT2D eigenvalue weighted by Crippen LogP contribution is 2.28. The number of likely N-dealkylation sites (N-methyl/N-ethyl adjacent to an activating group) is 1. The number of rotatable bonds is 9. The number of amides is 1. The highest BCUT2D eigenvalue weighted by molar-refractivity contribution is 7.09. The molecule has 5 nitrogen and oxygen atoms in total. The quantitative estimate of drug-likeness (QED) is 0.402. The molecule has 1 heterocycles. The summed E-state index contributed by atoms with van der Waals surface area (Å²) in [4.78, 5) is 19.0. The van der Waals surface area contributed by atoms with Gasteiger partial charge in [0.2, 0.25) is 5.91 Å². The van der Waals surface area contributed by atoms with Crippen LogP contribution in [0.15, 0.2) is 22.5 Å². The van der Waals surface area contributed by atoms with Crippen molar-refractivity contribution >= 4 is 23.2 Å². The maximum absolute atomic E-state index is 11.8. The van der Waals surface area contributed by atoms with Crippen molar-refractivity contribution < 1.29 is 4.79 Å². The van der Waals surface area contributed by atoms with Crippen molar-refractivity contribution in [2.75, 3.05) is 27.2 Å². The van der Waals surface area contributed by atoms with Crippen molar-refractivity contribution in [3.05, 3.63) is 22.4 Å². The Hall–Kier alpha value is -1.56. The van der Waals surface area contributed by atoms with Gasteiger partial charge in [-0.1, -0.05) is 44.6 Å². The van der Waals surface area contributed by atoms with Crippen LogP contribution in [0.25, 0.3) is 0 Å². The molecule has 0 atom stereocenters. The van der Waals surface area contributed by atoms with Crippen LogP contribution >= 0.6 is 11.3 Å². The first kappa shape index (κ1) is 19.8. The summed E-state index contributed by atoms with van der Waals surface area (Å²) in [6.07, 6.45) is 9.48. The molecular formula is C19H32N4OS. The van der Waals surface area contributed by atoms with Crippen molar-refractivity contribution in [3.63, 3.8) is 0 Å². The number of hydrogen-bond acceptors (Lipinski definition) is 3. The molecule has 2 N–H and O–H groups in total. The standard InChI is InChI=1S/C19H32N4OS/c1-23(2)18(24)15-22-19(21-14-17-11-7-13-25-17)20-12-6-5-10-16-8-3-4-9-16/h7,11,13,16H,3-6,8-10,12,14-15H2,1-2H3,(H2,20,21,22). The lowest BCUT2D eigenvalue weighted by atomic mass is 10.0. The van der Waals surface area contributed by atoms with Crippen molar-refractivity contribution in [1.29, 1.82) is 0 Å². The van der Waals surface area contributed by atoms with Crippen LogP contribution in [-0.2, 0) is 11.3 Å². The number of aliphatic imine (C=N–C) groups is 1. The topological polar surface area (TPSA) is 56.7 Å². The van der Waals surface area contributed by atoms with Crippen LogP contribution in [0.5, 0.6) is 0 Å². The Bertz CT molecular complexity index is 522. The number of nitrogens with zero attached hydrogens (tertiary/aromatic N) is 2. The van der Waals surface area contributed by atoms with Gasteiger partial charge >= 0.3 is 0 Å². The second-order valence-electron chi connectivity index (χ2n) is 6.96. The van der Waals surface area contributed by atoms with Gasteiger partial charge in [0.1, 0.15) is 6.54 Å². The van der Waals surface area contributed by atoms with Crippen molar-refractivity contribution in [2.24, 2.45) is 10.9 Å². The molecule has 1 saturated carbocycles. The fourth-order valence-corrected chi connectivity index (χ4v) is 3.75. The van der Waals surface area contributed by atoms with Crippen LogP contribution < -0.4 is 10.6 Å². The molecule has 2 rings (SSSR count). The number of thiophene rings is 1. The molecule has 0 aromatic carbocycles. The van der Waals surface area contributed by atoms with Gasteiger partial charge in [-0.05, 0) is 23.8 Å². The molecule has 0 saturated heterocycles. The van der Waals surface area contributed by atoms with E-state index in [0.29, 0.717) is 0 Å². The van der Waals surface area contributed by atoms with E-state index >= 15 is 0 Å². The fraction of sp³-hybridized carbons (Fsp3) is 0.684. The first-order chi connectivity index (χ1) is 12.1. The van der Waals surface area contributed by atoms with E-state index in [2.05, 4.69) is 27.1 Å². The van der Waals surface area contributed by atoms with E-state index in [1.165, 1.54) is 43.4 Å². The second kappa shape index (κ2) is 11.1. The molecule has 140 valence electrons. The van der Waals surface area contributed by atoms with E-state index in [4.69, 9.17) is 0 Å². The molecule has 25 heavy (non-hydrogen) atoms. The normalized spacial score (nSPS) is 15.4. The molecule has 0 aliphatic heterocycles. The van der Waals surface area contributed by atoms with E-state index in [9.17, 15) is 4.79 Å². The molecule has 1 fully saturated rings. The number of hydrogen-bond donors (Lipinski definition) is 2. The predicted octanol–water partition coefficient (Wildman–Crippen LogP) is 3.23. The zero-order valence-electron chi connectivity index (χ0n) is 15.6. The third kappa shape index (κ3) is 7.90. The maximum Gasteiger partial charge on any atom is 0.243 e. The SMILES string of the molecule is CN(C)C(=O)CN=C(NCCCCC1CCCC1)NCc1cccs1. The highest BCUT2D eigenvalue weighted by Gasteiger charge is 2.13. The minimum atomic E-state index is 0.0125. The Morgan fingerprint density at radius 3 is 2.76 bits per heavy atom. The fourth-order valence-electron chi connectivity index (χ4n) is 3.11. The lowest BCUT2D eigenvalue weighted by molar-refractivity contribution is -0.127. The maximum atomic E-state index is 11.8. The zero-order valence-corrected chi connectivity index (χ0v) is 16.4. The first-order valence-corrected chi connectivity index (χ1v) is 10.3. The number of carbonyl (C=O) groups is 1. The van der Waals surface area contributed by atoms with E-state index in [1.807, 2.05) is 6.07 Å². The summed E-state index contributed by atoms with van der Waals surface area (Å²) in [5.74, 6) is 1.70. The monoisotopic (exact) mass is 364 g/mol. The lowest BCUT2D eigenvalue weighted by Crippen LogP contribution is -2.38. The Balaban J connectivity index is 1.72. The Morgan fingerprint density at radius 1 is 1.28 bits per heavy atom. The summed E-state index contributed by atoms with van der Waals surface area (Å²) in [6.45, 7) is 1.82. The number of guanidine groups is 1. The minimum absolute atomic E-state index is 0.0125. The molecule has 1 aliphatic carbocycles. The van der Waals surface area contributed by atoms with Crippen LogP contribution in [0.3, 0.4) is 0 Å².